The van der Waals surface area contributed by atoms with Gasteiger partial charge in [-0.15, -0.1) is 0 Å². The Morgan fingerprint density at radius 1 is 1.45 bits per heavy atom. The molecule has 0 saturated heterocycles. The van der Waals surface area contributed by atoms with Crippen molar-refractivity contribution >= 4 is 38.5 Å². The number of alkyl halides is 2. The molecule has 0 amide bonds. The van der Waals surface area contributed by atoms with Crippen molar-refractivity contribution in [2.24, 2.45) is 0 Å². The Labute approximate surface area is 84.5 Å². The van der Waals surface area contributed by atoms with Crippen molar-refractivity contribution in [2.45, 2.75) is 6.43 Å². The van der Waals surface area contributed by atoms with Gasteiger partial charge in [0.25, 0.3) is 6.43 Å². The molecular weight excluding hydrogens is 331 g/mol. The molecule has 60 valence electrons. The number of hydrogen-bond acceptors (Lipinski definition) is 1. The molecule has 0 radical (unpaired) electrons. The van der Waals surface area contributed by atoms with Crippen molar-refractivity contribution in [2.75, 3.05) is 0 Å². The van der Waals surface area contributed by atoms with Gasteiger partial charge in [0.1, 0.15) is 10.3 Å². The fourth-order valence-corrected chi connectivity index (χ4v) is 2.09. The number of rotatable bonds is 1. The molecule has 1 rings (SSSR count). The second-order valence-electron chi connectivity index (χ2n) is 1.83. The molecule has 1 nitrogen and oxygen atoms in total. The summed E-state index contributed by atoms with van der Waals surface area (Å²) in [5, 5.41) is 0. The van der Waals surface area contributed by atoms with Crippen LogP contribution in [-0.4, -0.2) is 4.98 Å². The topological polar surface area (TPSA) is 12.9 Å². The molecule has 0 bridgehead atoms. The zero-order chi connectivity index (χ0) is 8.43. The highest BCUT2D eigenvalue weighted by Crippen LogP contribution is 2.21. The van der Waals surface area contributed by atoms with E-state index in [-0.39, 0.29) is 5.69 Å². The van der Waals surface area contributed by atoms with Crippen LogP contribution < -0.4 is 0 Å². The van der Waals surface area contributed by atoms with Crippen LogP contribution in [0.2, 0.25) is 0 Å². The predicted molar refractivity (Wildman–Crippen MR) is 49.6 cm³/mol. The molecule has 1 aromatic heterocycles. The third-order valence-corrected chi connectivity index (χ3v) is 2.03. The molecule has 11 heavy (non-hydrogen) atoms. The van der Waals surface area contributed by atoms with Crippen LogP contribution in [0.5, 0.6) is 0 Å². The largest absolute Gasteiger partial charge is 0.280 e. The monoisotopic (exact) mass is 333 g/mol. The molecular formula is C6H3BrF2IN. The Morgan fingerprint density at radius 3 is 2.55 bits per heavy atom. The summed E-state index contributed by atoms with van der Waals surface area (Å²) in [5.74, 6) is 0. The van der Waals surface area contributed by atoms with Crippen molar-refractivity contribution in [3.05, 3.63) is 26.0 Å². The molecule has 1 aromatic rings. The molecule has 0 unspecified atom stereocenters. The summed E-state index contributed by atoms with van der Waals surface area (Å²) in [6, 6.07) is 3.03. The fourth-order valence-electron chi connectivity index (χ4n) is 0.596. The van der Waals surface area contributed by atoms with Gasteiger partial charge in [-0.2, -0.15) is 0 Å². The van der Waals surface area contributed by atoms with Crippen LogP contribution in [-0.2, 0) is 0 Å². The van der Waals surface area contributed by atoms with E-state index in [1.54, 1.807) is 6.07 Å². The maximum absolute atomic E-state index is 12.0. The maximum atomic E-state index is 12.0. The number of halogens is 4. The lowest BCUT2D eigenvalue weighted by molar-refractivity contribution is 0.146. The van der Waals surface area contributed by atoms with Crippen LogP contribution in [0.1, 0.15) is 12.1 Å². The van der Waals surface area contributed by atoms with Gasteiger partial charge in [0.2, 0.25) is 0 Å². The molecule has 0 aliphatic rings. The van der Waals surface area contributed by atoms with Gasteiger partial charge in [0.15, 0.2) is 0 Å². The SMILES string of the molecule is FC(F)c1cc(I)cc(Br)n1. The standard InChI is InChI=1S/C6H3BrF2IN/c7-5-2-3(10)1-4(11-5)6(8)9/h1-2,6H. The second kappa shape index (κ2) is 3.75. The third kappa shape index (κ3) is 2.62. The molecule has 0 fully saturated rings. The molecule has 0 N–H and O–H groups in total. The van der Waals surface area contributed by atoms with E-state index in [1.807, 2.05) is 22.6 Å². The number of aromatic nitrogens is 1. The van der Waals surface area contributed by atoms with Gasteiger partial charge in [0, 0.05) is 3.57 Å². The maximum Gasteiger partial charge on any atom is 0.280 e. The molecule has 0 saturated carbocycles. The van der Waals surface area contributed by atoms with Gasteiger partial charge >= 0.3 is 0 Å². The van der Waals surface area contributed by atoms with Crippen LogP contribution in [0.15, 0.2) is 16.7 Å². The van der Waals surface area contributed by atoms with Crippen molar-refractivity contribution in [1.29, 1.82) is 0 Å². The highest BCUT2D eigenvalue weighted by molar-refractivity contribution is 14.1. The van der Waals surface area contributed by atoms with Gasteiger partial charge in [-0.25, -0.2) is 13.8 Å². The van der Waals surface area contributed by atoms with Crippen LogP contribution in [0.3, 0.4) is 0 Å². The van der Waals surface area contributed by atoms with Gasteiger partial charge in [-0.3, -0.25) is 0 Å². The molecule has 0 aliphatic carbocycles. The Bertz CT molecular complexity index is 247. The summed E-state index contributed by atoms with van der Waals surface area (Å²) in [7, 11) is 0. The summed E-state index contributed by atoms with van der Waals surface area (Å²) >= 11 is 4.99. The minimum atomic E-state index is -2.50. The van der Waals surface area contributed by atoms with Crippen LogP contribution >= 0.6 is 38.5 Å². The number of hydrogen-bond donors (Lipinski definition) is 0. The summed E-state index contributed by atoms with van der Waals surface area (Å²) in [5.41, 5.74) is -0.191. The van der Waals surface area contributed by atoms with Gasteiger partial charge in [-0.05, 0) is 50.7 Å². The molecule has 0 aromatic carbocycles. The van der Waals surface area contributed by atoms with E-state index in [0.29, 0.717) is 4.60 Å². The van der Waals surface area contributed by atoms with E-state index in [4.69, 9.17) is 0 Å². The number of nitrogens with zero attached hydrogens (tertiary/aromatic N) is 1. The normalized spacial score (nSPS) is 10.6. The average molecular weight is 334 g/mol. The van der Waals surface area contributed by atoms with Crippen LogP contribution in [0.4, 0.5) is 8.78 Å². The molecule has 0 atom stereocenters. The van der Waals surface area contributed by atoms with Crippen molar-refractivity contribution in [3.8, 4) is 0 Å². The summed E-state index contributed by atoms with van der Waals surface area (Å²) < 4.78 is 25.3. The quantitative estimate of drug-likeness (QED) is 0.567. The lowest BCUT2D eigenvalue weighted by Crippen LogP contribution is -1.91. The van der Waals surface area contributed by atoms with E-state index in [2.05, 4.69) is 20.9 Å². The minimum Gasteiger partial charge on any atom is -0.240 e. The van der Waals surface area contributed by atoms with Crippen molar-refractivity contribution in [1.82, 2.24) is 4.98 Å². The minimum absolute atomic E-state index is 0.191. The van der Waals surface area contributed by atoms with E-state index in [0.717, 1.165) is 3.57 Å². The lowest BCUT2D eigenvalue weighted by Gasteiger charge is -1.99. The van der Waals surface area contributed by atoms with Gasteiger partial charge in [-0.1, -0.05) is 0 Å². The zero-order valence-electron chi connectivity index (χ0n) is 5.19. The van der Waals surface area contributed by atoms with E-state index >= 15 is 0 Å². The highest BCUT2D eigenvalue weighted by atomic mass is 127. The third-order valence-electron chi connectivity index (χ3n) is 1.00. The predicted octanol–water partition coefficient (Wildman–Crippen LogP) is 3.39. The van der Waals surface area contributed by atoms with Crippen LogP contribution in [0.25, 0.3) is 0 Å². The molecule has 0 aliphatic heterocycles. The first-order valence-corrected chi connectivity index (χ1v) is 4.58. The first kappa shape index (κ1) is 9.31. The smallest absolute Gasteiger partial charge is 0.240 e. The van der Waals surface area contributed by atoms with E-state index < -0.39 is 6.43 Å². The Hall–Kier alpha value is 0.220. The first-order valence-electron chi connectivity index (χ1n) is 2.70. The average Bonchev–Trinajstić information content (AvgIpc) is 1.85. The van der Waals surface area contributed by atoms with Crippen molar-refractivity contribution < 1.29 is 8.78 Å². The Morgan fingerprint density at radius 2 is 2.09 bits per heavy atom. The number of pyridine rings is 1. The Kier molecular flexibility index (Phi) is 3.17. The van der Waals surface area contributed by atoms with E-state index in [9.17, 15) is 8.78 Å². The highest BCUT2D eigenvalue weighted by Gasteiger charge is 2.09. The van der Waals surface area contributed by atoms with E-state index in [1.165, 1.54) is 6.07 Å². The Balaban J connectivity index is 3.08. The summed E-state index contributed by atoms with van der Waals surface area (Å²) in [6.45, 7) is 0. The first-order chi connectivity index (χ1) is 5.09. The van der Waals surface area contributed by atoms with Gasteiger partial charge in [0.05, 0.1) is 0 Å². The summed E-state index contributed by atoms with van der Waals surface area (Å²) in [4.78, 5) is 3.60. The van der Waals surface area contributed by atoms with Crippen molar-refractivity contribution in [3.63, 3.8) is 0 Å². The lowest BCUT2D eigenvalue weighted by atomic mass is 10.4. The summed E-state index contributed by atoms with van der Waals surface area (Å²) in [6.07, 6.45) is -2.50. The van der Waals surface area contributed by atoms with Crippen LogP contribution in [0, 0.1) is 3.57 Å². The second-order valence-corrected chi connectivity index (χ2v) is 3.89. The van der Waals surface area contributed by atoms with Gasteiger partial charge < -0.3 is 0 Å². The molecule has 5 heteroatoms. The molecule has 1 heterocycles. The fraction of sp³-hybridized carbons (Fsp3) is 0.167. The molecule has 0 spiro atoms. The zero-order valence-corrected chi connectivity index (χ0v) is 8.93.